The maximum Gasteiger partial charge on any atom is 0.306 e. The Balaban J connectivity index is 2.63. The Bertz CT molecular complexity index is 1910. The van der Waals surface area contributed by atoms with Gasteiger partial charge < -0.3 is 45.1 Å². The van der Waals surface area contributed by atoms with Crippen molar-refractivity contribution in [3.8, 4) is 0 Å². The van der Waals surface area contributed by atoms with Crippen LogP contribution < -0.4 is 5.32 Å². The van der Waals surface area contributed by atoms with Crippen LogP contribution in [0.3, 0.4) is 0 Å². The Hall–Kier alpha value is -4.46. The van der Waals surface area contributed by atoms with Crippen LogP contribution in [0, 0.1) is 0 Å². The van der Waals surface area contributed by atoms with Gasteiger partial charge in [0.05, 0.1) is 25.4 Å². The van der Waals surface area contributed by atoms with Gasteiger partial charge in [0.2, 0.25) is 5.91 Å². The quantitative estimate of drug-likeness (QED) is 0.0149. The molecule has 0 aromatic heterocycles. The second-order valence-corrected chi connectivity index (χ2v) is 21.9. The molecule has 6 N–H and O–H groups in total. The number of hydrogen-bond acceptors (Lipinski definition) is 10. The zero-order valence-electron chi connectivity index (χ0n) is 52.0. The van der Waals surface area contributed by atoms with Crippen molar-refractivity contribution in [3.05, 3.63) is 146 Å². The fourth-order valence-electron chi connectivity index (χ4n) is 9.30. The molecule has 1 aliphatic rings. The highest BCUT2D eigenvalue weighted by molar-refractivity contribution is 5.80. The van der Waals surface area contributed by atoms with Crippen molar-refractivity contribution in [1.82, 2.24) is 5.32 Å². The summed E-state index contributed by atoms with van der Waals surface area (Å²) in [7, 11) is 0. The predicted molar refractivity (Wildman–Crippen MR) is 347 cm³/mol. The molecule has 8 unspecified atom stereocenters. The standard InChI is InChI=1S/C72H117NO10/c1-4-7-10-13-16-19-22-24-26-28-29-30-31-32-33-34-35-36-38-39-41-44-47-50-53-56-59-65(76)71(80)73-63(64(75)58-55-52-49-46-43-21-18-15-12-9-6-3)62-81-72-70(69(79)68(78)66(61-74)82-72)83-67(77)60-57-54-51-48-45-42-40-37-27-25-23-20-17-14-11-8-5-2/h7-8,10-11,14,16-17,19-20,23-27,29-30,32-33,37,40,42,45,55,58,63-66,68-70,72,74-76,78-79H,4-6,9,12-13,15,18,21-22,28,31,34-36,38-39,41,43-44,46-54,56-57,59-62H2,1-3H3,(H,73,80)/b10-7-,11-8-,17-14+,19-16-,23-20+,26-24-,27-25-,30-29-,33-32-,40-37+,45-42+,58-55+. The highest BCUT2D eigenvalue weighted by atomic mass is 16.7. The highest BCUT2D eigenvalue weighted by Gasteiger charge is 2.47. The number of carbonyl (C=O) groups excluding carboxylic acids is 2. The van der Waals surface area contributed by atoms with Crippen LogP contribution in [0.25, 0.3) is 0 Å². The SMILES string of the molecule is CC\C=C/C=C/C=C/C=C\C=C\C=C\CCCCCC(=O)OC1C(OCC(NC(=O)C(O)CCCCCCCCCCCC/C=C\C/C=C\C/C=C\C/C=C\C/C=C\CC)C(O)/C=C/CCCCCCCCCCC)OC(CO)C(O)C1O. The molecule has 0 aromatic carbocycles. The lowest BCUT2D eigenvalue weighted by molar-refractivity contribution is -0.305. The number of rotatable bonds is 53. The van der Waals surface area contributed by atoms with E-state index in [9.17, 15) is 35.1 Å². The second-order valence-electron chi connectivity index (χ2n) is 21.9. The molecular weight excluding hydrogens is 1040 g/mol. The summed E-state index contributed by atoms with van der Waals surface area (Å²) in [5.41, 5.74) is 0. The van der Waals surface area contributed by atoms with E-state index >= 15 is 0 Å². The third kappa shape index (κ3) is 45.6. The topological polar surface area (TPSA) is 175 Å². The smallest absolute Gasteiger partial charge is 0.306 e. The Labute approximate surface area is 505 Å². The zero-order valence-corrected chi connectivity index (χ0v) is 52.0. The van der Waals surface area contributed by atoms with Crippen molar-refractivity contribution in [2.24, 2.45) is 0 Å². The van der Waals surface area contributed by atoms with Gasteiger partial charge in [-0.15, -0.1) is 0 Å². The van der Waals surface area contributed by atoms with Crippen molar-refractivity contribution in [3.63, 3.8) is 0 Å². The van der Waals surface area contributed by atoms with Gasteiger partial charge in [0.1, 0.15) is 24.4 Å². The Kier molecular flexibility index (Phi) is 53.4. The van der Waals surface area contributed by atoms with E-state index in [2.05, 4.69) is 99.0 Å². The maximum atomic E-state index is 13.5. The lowest BCUT2D eigenvalue weighted by atomic mass is 9.99. The minimum absolute atomic E-state index is 0.0639. The summed E-state index contributed by atoms with van der Waals surface area (Å²) in [6.07, 6.45) is 73.1. The fraction of sp³-hybridized carbons (Fsp3) is 0.639. The molecule has 1 fully saturated rings. The van der Waals surface area contributed by atoms with Crippen LogP contribution in [-0.2, 0) is 23.8 Å². The van der Waals surface area contributed by atoms with Crippen molar-refractivity contribution >= 4 is 11.9 Å². The number of carbonyl (C=O) groups is 2. The molecule has 1 saturated heterocycles. The molecule has 0 bridgehead atoms. The van der Waals surface area contributed by atoms with Gasteiger partial charge in [-0.05, 0) is 89.9 Å². The van der Waals surface area contributed by atoms with Crippen LogP contribution in [0.1, 0.15) is 233 Å². The third-order valence-electron chi connectivity index (χ3n) is 14.4. The molecule has 11 heteroatoms. The van der Waals surface area contributed by atoms with Crippen LogP contribution in [0.2, 0.25) is 0 Å². The van der Waals surface area contributed by atoms with Gasteiger partial charge in [-0.1, -0.05) is 282 Å². The summed E-state index contributed by atoms with van der Waals surface area (Å²) < 4.78 is 17.6. The first-order valence-corrected chi connectivity index (χ1v) is 32.7. The summed E-state index contributed by atoms with van der Waals surface area (Å²) in [5.74, 6) is -1.25. The van der Waals surface area contributed by atoms with Crippen LogP contribution >= 0.6 is 0 Å². The number of ether oxygens (including phenoxy) is 3. The number of unbranched alkanes of at least 4 members (excludes halogenated alkanes) is 22. The van der Waals surface area contributed by atoms with E-state index in [4.69, 9.17) is 14.2 Å². The average Bonchev–Trinajstić information content (AvgIpc) is 3.69. The van der Waals surface area contributed by atoms with Crippen LogP contribution in [0.4, 0.5) is 0 Å². The molecule has 1 amide bonds. The maximum absolute atomic E-state index is 13.5. The molecule has 1 aliphatic heterocycles. The van der Waals surface area contributed by atoms with E-state index in [0.29, 0.717) is 12.8 Å². The number of allylic oxidation sites excluding steroid dienone is 23. The summed E-state index contributed by atoms with van der Waals surface area (Å²) in [6, 6.07) is -1.05. The largest absolute Gasteiger partial charge is 0.454 e. The van der Waals surface area contributed by atoms with Crippen molar-refractivity contribution in [2.75, 3.05) is 13.2 Å². The Morgan fingerprint density at radius 2 is 0.928 bits per heavy atom. The third-order valence-corrected chi connectivity index (χ3v) is 14.4. The lowest BCUT2D eigenvalue weighted by Gasteiger charge is -2.41. The van der Waals surface area contributed by atoms with E-state index in [1.54, 1.807) is 6.08 Å². The van der Waals surface area contributed by atoms with Crippen LogP contribution in [0.5, 0.6) is 0 Å². The minimum atomic E-state index is -1.64. The highest BCUT2D eigenvalue weighted by Crippen LogP contribution is 2.26. The summed E-state index contributed by atoms with van der Waals surface area (Å²) in [4.78, 5) is 26.6. The Morgan fingerprint density at radius 1 is 0.494 bits per heavy atom. The fourth-order valence-corrected chi connectivity index (χ4v) is 9.30. The number of hydrogen-bond donors (Lipinski definition) is 6. The van der Waals surface area contributed by atoms with Gasteiger partial charge in [0.15, 0.2) is 12.4 Å². The molecule has 8 atom stereocenters. The summed E-state index contributed by atoms with van der Waals surface area (Å²) in [5, 5.41) is 57.0. The summed E-state index contributed by atoms with van der Waals surface area (Å²) >= 11 is 0. The van der Waals surface area contributed by atoms with E-state index in [0.717, 1.165) is 109 Å². The first kappa shape index (κ1) is 76.6. The van der Waals surface area contributed by atoms with E-state index < -0.39 is 67.4 Å². The second kappa shape index (κ2) is 57.9. The van der Waals surface area contributed by atoms with Gasteiger partial charge >= 0.3 is 5.97 Å². The molecule has 0 aromatic rings. The monoisotopic (exact) mass is 1160 g/mol. The first-order valence-electron chi connectivity index (χ1n) is 32.7. The lowest BCUT2D eigenvalue weighted by Crippen LogP contribution is -2.61. The van der Waals surface area contributed by atoms with Gasteiger partial charge in [-0.3, -0.25) is 9.59 Å². The minimum Gasteiger partial charge on any atom is -0.454 e. The molecule has 1 rings (SSSR count). The van der Waals surface area contributed by atoms with E-state index in [-0.39, 0.29) is 19.4 Å². The number of aliphatic hydroxyl groups is 5. The molecule has 0 spiro atoms. The van der Waals surface area contributed by atoms with Crippen molar-refractivity contribution in [1.29, 1.82) is 0 Å². The number of nitrogens with one attached hydrogen (secondary N) is 1. The summed E-state index contributed by atoms with van der Waals surface area (Å²) in [6.45, 7) is 5.49. The molecule has 470 valence electrons. The Morgan fingerprint density at radius 3 is 1.45 bits per heavy atom. The first-order chi connectivity index (χ1) is 40.7. The molecule has 83 heavy (non-hydrogen) atoms. The van der Waals surface area contributed by atoms with Crippen molar-refractivity contribution < 1.29 is 49.3 Å². The zero-order chi connectivity index (χ0) is 60.3. The molecule has 0 aliphatic carbocycles. The molecule has 0 radical (unpaired) electrons. The molecule has 1 heterocycles. The molecular formula is C72H117NO10. The number of amides is 1. The number of aliphatic hydroxyl groups excluding tert-OH is 5. The van der Waals surface area contributed by atoms with Gasteiger partial charge in [0.25, 0.3) is 0 Å². The van der Waals surface area contributed by atoms with Gasteiger partial charge in [-0.25, -0.2) is 0 Å². The molecule has 11 nitrogen and oxygen atoms in total. The van der Waals surface area contributed by atoms with Crippen LogP contribution in [0.15, 0.2) is 146 Å². The van der Waals surface area contributed by atoms with Gasteiger partial charge in [0, 0.05) is 6.42 Å². The van der Waals surface area contributed by atoms with Crippen molar-refractivity contribution in [2.45, 2.75) is 282 Å². The van der Waals surface area contributed by atoms with E-state index in [1.165, 1.54) is 77.0 Å². The van der Waals surface area contributed by atoms with Gasteiger partial charge in [-0.2, -0.15) is 0 Å². The average molecular weight is 1160 g/mol. The normalized spacial score (nSPS) is 19.5. The van der Waals surface area contributed by atoms with E-state index in [1.807, 2.05) is 66.8 Å². The predicted octanol–water partition coefficient (Wildman–Crippen LogP) is 16.2. The molecule has 0 saturated carbocycles. The van der Waals surface area contributed by atoms with Crippen LogP contribution in [-0.4, -0.2) is 99.6 Å². The number of esters is 1.